The molecular weight excluding hydrogens is 626 g/mol. The number of nitrogens with zero attached hydrogens (tertiary/aromatic N) is 1. The van der Waals surface area contributed by atoms with E-state index in [0.29, 0.717) is 16.4 Å². The van der Waals surface area contributed by atoms with Crippen LogP contribution >= 0.6 is 39.0 Å². The quantitative estimate of drug-likeness (QED) is 0.161. The molecule has 0 aliphatic rings. The lowest BCUT2D eigenvalue weighted by Gasteiger charge is -2.17. The van der Waals surface area contributed by atoms with Crippen LogP contribution in [0, 0.1) is 0 Å². The van der Waals surface area contributed by atoms with Crippen LogP contribution in [0.2, 0.25) is 0 Å². The number of fused-ring (bicyclic) bond motifs is 1. The van der Waals surface area contributed by atoms with Gasteiger partial charge in [0.05, 0.1) is 5.69 Å². The Morgan fingerprint density at radius 3 is 2.33 bits per heavy atom. The number of halogens is 1. The van der Waals surface area contributed by atoms with Gasteiger partial charge in [-0.1, -0.05) is 94.8 Å². The third kappa shape index (κ3) is 6.62. The number of carbonyl (C=O) groups excluding carboxylic acids is 2. The fourth-order valence-corrected chi connectivity index (χ4v) is 6.54. The standard InChI is InChI=1S/C34H24BrN3O2S2/c35-27-17-15-23(16-18-27)30-21-41-34(37-30)38-33(40)31(24-8-2-1-3-9-24)42-29-12-6-11-28(20-29)36-32(39)26-14-13-22-7-4-5-10-25(22)19-26/h1-21,31H,(H,36,39)(H,37,38,40). The molecule has 0 saturated heterocycles. The first-order chi connectivity index (χ1) is 20.5. The van der Waals surface area contributed by atoms with Gasteiger partial charge in [-0.15, -0.1) is 23.1 Å². The summed E-state index contributed by atoms with van der Waals surface area (Å²) in [4.78, 5) is 32.2. The van der Waals surface area contributed by atoms with Crippen LogP contribution in [-0.4, -0.2) is 16.8 Å². The van der Waals surface area contributed by atoms with E-state index in [-0.39, 0.29) is 11.8 Å². The summed E-state index contributed by atoms with van der Waals surface area (Å²) in [6.45, 7) is 0. The summed E-state index contributed by atoms with van der Waals surface area (Å²) in [6.07, 6.45) is 0. The monoisotopic (exact) mass is 649 g/mol. The van der Waals surface area contributed by atoms with E-state index in [1.54, 1.807) is 0 Å². The molecular formula is C34H24BrN3O2S2. The van der Waals surface area contributed by atoms with Crippen molar-refractivity contribution in [2.45, 2.75) is 10.1 Å². The Labute approximate surface area is 260 Å². The van der Waals surface area contributed by atoms with Gasteiger partial charge in [0, 0.05) is 31.6 Å². The Morgan fingerprint density at radius 1 is 0.762 bits per heavy atom. The molecule has 6 aromatic rings. The predicted molar refractivity (Wildman–Crippen MR) is 177 cm³/mol. The minimum absolute atomic E-state index is 0.173. The van der Waals surface area contributed by atoms with Crippen molar-refractivity contribution in [3.05, 3.63) is 142 Å². The maximum Gasteiger partial charge on any atom is 0.255 e. The molecule has 0 spiro atoms. The summed E-state index contributed by atoms with van der Waals surface area (Å²) in [7, 11) is 0. The Balaban J connectivity index is 1.19. The van der Waals surface area contributed by atoms with Crippen molar-refractivity contribution in [3.63, 3.8) is 0 Å². The van der Waals surface area contributed by atoms with Crippen LogP contribution in [0.25, 0.3) is 22.0 Å². The van der Waals surface area contributed by atoms with Gasteiger partial charge in [-0.05, 0) is 58.8 Å². The molecule has 0 aliphatic heterocycles. The lowest BCUT2D eigenvalue weighted by atomic mass is 10.1. The van der Waals surface area contributed by atoms with Crippen LogP contribution in [0.5, 0.6) is 0 Å². The van der Waals surface area contributed by atoms with E-state index >= 15 is 0 Å². The summed E-state index contributed by atoms with van der Waals surface area (Å²) < 4.78 is 0.995. The van der Waals surface area contributed by atoms with Gasteiger partial charge in [0.15, 0.2) is 5.13 Å². The van der Waals surface area contributed by atoms with Gasteiger partial charge < -0.3 is 10.6 Å². The van der Waals surface area contributed by atoms with Crippen LogP contribution in [0.1, 0.15) is 21.2 Å². The zero-order valence-corrected chi connectivity index (χ0v) is 25.4. The fraction of sp³-hybridized carbons (Fsp3) is 0.0294. The number of benzene rings is 5. The molecule has 0 radical (unpaired) electrons. The van der Waals surface area contributed by atoms with Crippen LogP contribution in [0.15, 0.2) is 136 Å². The number of hydrogen-bond acceptors (Lipinski definition) is 5. The summed E-state index contributed by atoms with van der Waals surface area (Å²) in [6, 6.07) is 38.7. The highest BCUT2D eigenvalue weighted by Gasteiger charge is 2.23. The van der Waals surface area contributed by atoms with Crippen LogP contribution in [0.3, 0.4) is 0 Å². The number of thioether (sulfide) groups is 1. The zero-order chi connectivity index (χ0) is 28.9. The molecule has 2 amide bonds. The number of amides is 2. The van der Waals surface area contributed by atoms with Crippen LogP contribution in [-0.2, 0) is 4.79 Å². The van der Waals surface area contributed by atoms with E-state index in [1.807, 2.05) is 127 Å². The third-order valence-corrected chi connectivity index (χ3v) is 9.11. The average Bonchev–Trinajstić information content (AvgIpc) is 3.49. The molecule has 1 heterocycles. The second-order valence-corrected chi connectivity index (χ2v) is 12.4. The number of nitrogens with one attached hydrogen (secondary N) is 2. The Kier molecular flexibility index (Phi) is 8.46. The second-order valence-electron chi connectivity index (χ2n) is 9.49. The van der Waals surface area contributed by atoms with E-state index in [4.69, 9.17) is 0 Å². The molecule has 8 heteroatoms. The molecule has 0 fully saturated rings. The molecule has 1 aromatic heterocycles. The minimum atomic E-state index is -0.530. The van der Waals surface area contributed by atoms with Crippen LogP contribution in [0.4, 0.5) is 10.8 Å². The van der Waals surface area contributed by atoms with Crippen LogP contribution < -0.4 is 10.6 Å². The lowest BCUT2D eigenvalue weighted by molar-refractivity contribution is -0.115. The first kappa shape index (κ1) is 27.9. The number of rotatable bonds is 8. The molecule has 0 bridgehead atoms. The largest absolute Gasteiger partial charge is 0.322 e. The number of anilines is 2. The maximum absolute atomic E-state index is 13.6. The highest BCUT2D eigenvalue weighted by Crippen LogP contribution is 2.38. The number of thiazole rings is 1. The topological polar surface area (TPSA) is 71.1 Å². The van der Waals surface area contributed by atoms with E-state index in [0.717, 1.165) is 37.0 Å². The lowest BCUT2D eigenvalue weighted by Crippen LogP contribution is -2.19. The van der Waals surface area contributed by atoms with Gasteiger partial charge in [0.1, 0.15) is 5.25 Å². The van der Waals surface area contributed by atoms with E-state index in [9.17, 15) is 9.59 Å². The Hall–Kier alpha value is -4.24. The van der Waals surface area contributed by atoms with Crippen molar-refractivity contribution < 1.29 is 9.59 Å². The summed E-state index contributed by atoms with van der Waals surface area (Å²) in [5.41, 5.74) is 3.90. The van der Waals surface area contributed by atoms with Gasteiger partial charge in [-0.2, -0.15) is 0 Å². The highest BCUT2D eigenvalue weighted by atomic mass is 79.9. The first-order valence-corrected chi connectivity index (χ1v) is 15.7. The molecule has 0 aliphatic carbocycles. The number of aromatic nitrogens is 1. The van der Waals surface area contributed by atoms with E-state index < -0.39 is 5.25 Å². The molecule has 6 rings (SSSR count). The van der Waals surface area contributed by atoms with Gasteiger partial charge in [0.25, 0.3) is 5.91 Å². The SMILES string of the molecule is O=C(Nc1cccc(SC(C(=O)Nc2nc(-c3ccc(Br)cc3)cs2)c2ccccc2)c1)c1ccc2ccccc2c1. The van der Waals surface area contributed by atoms with Crippen molar-refractivity contribution in [1.82, 2.24) is 4.98 Å². The van der Waals surface area contributed by atoms with Gasteiger partial charge in [-0.25, -0.2) is 4.98 Å². The fourth-order valence-electron chi connectivity index (χ4n) is 4.47. The maximum atomic E-state index is 13.6. The minimum Gasteiger partial charge on any atom is -0.322 e. The number of carbonyl (C=O) groups is 2. The number of hydrogen-bond donors (Lipinski definition) is 2. The zero-order valence-electron chi connectivity index (χ0n) is 22.2. The molecule has 1 atom stereocenters. The molecule has 42 heavy (non-hydrogen) atoms. The predicted octanol–water partition coefficient (Wildman–Crippen LogP) is 9.45. The van der Waals surface area contributed by atoms with Gasteiger partial charge >= 0.3 is 0 Å². The Bertz CT molecular complexity index is 1870. The normalized spacial score (nSPS) is 11.6. The van der Waals surface area contributed by atoms with Crippen molar-refractivity contribution in [2.24, 2.45) is 0 Å². The van der Waals surface area contributed by atoms with Gasteiger partial charge in [0.2, 0.25) is 5.91 Å². The average molecular weight is 651 g/mol. The summed E-state index contributed by atoms with van der Waals surface area (Å²) >= 11 is 6.27. The Morgan fingerprint density at radius 2 is 1.52 bits per heavy atom. The highest BCUT2D eigenvalue weighted by molar-refractivity contribution is 9.10. The van der Waals surface area contributed by atoms with Crippen molar-refractivity contribution in [3.8, 4) is 11.3 Å². The molecule has 2 N–H and O–H groups in total. The smallest absolute Gasteiger partial charge is 0.255 e. The summed E-state index contributed by atoms with van der Waals surface area (Å²) in [5, 5.41) is 10.1. The molecule has 206 valence electrons. The molecule has 1 unspecified atom stereocenters. The second kappa shape index (κ2) is 12.7. The van der Waals surface area contributed by atoms with E-state index in [1.165, 1.54) is 23.1 Å². The van der Waals surface area contributed by atoms with Crippen molar-refractivity contribution in [2.75, 3.05) is 10.6 Å². The van der Waals surface area contributed by atoms with E-state index in [2.05, 4.69) is 31.5 Å². The molecule has 0 saturated carbocycles. The third-order valence-electron chi connectivity index (χ3n) is 6.57. The first-order valence-electron chi connectivity index (χ1n) is 13.2. The van der Waals surface area contributed by atoms with Gasteiger partial charge in [-0.3, -0.25) is 9.59 Å². The van der Waals surface area contributed by atoms with Crippen molar-refractivity contribution in [1.29, 1.82) is 0 Å². The van der Waals surface area contributed by atoms with Crippen molar-refractivity contribution >= 4 is 72.4 Å². The molecule has 5 nitrogen and oxygen atoms in total. The summed E-state index contributed by atoms with van der Waals surface area (Å²) in [5.74, 6) is -0.362. The molecule has 5 aromatic carbocycles.